The molecule has 0 spiro atoms. The van der Waals surface area contributed by atoms with Crippen molar-refractivity contribution in [2.75, 3.05) is 10.6 Å². The molecular weight excluding hydrogens is 352 g/mol. The zero-order chi connectivity index (χ0) is 18.8. The molecule has 4 rings (SSSR count). The first-order chi connectivity index (χ1) is 13.1. The summed E-state index contributed by atoms with van der Waals surface area (Å²) < 4.78 is 26.8. The van der Waals surface area contributed by atoms with Gasteiger partial charge in [-0.15, -0.1) is 0 Å². The van der Waals surface area contributed by atoms with Crippen molar-refractivity contribution in [3.8, 4) is 0 Å². The highest BCUT2D eigenvalue weighted by Gasteiger charge is 2.25. The number of benzene rings is 1. The van der Waals surface area contributed by atoms with E-state index in [2.05, 4.69) is 35.8 Å². The number of aromatic amines is 1. The lowest BCUT2D eigenvalue weighted by Crippen LogP contribution is -2.10. The summed E-state index contributed by atoms with van der Waals surface area (Å²) in [6, 6.07) is 5.41. The van der Waals surface area contributed by atoms with Gasteiger partial charge in [-0.05, 0) is 18.9 Å². The third kappa shape index (κ3) is 4.18. The summed E-state index contributed by atoms with van der Waals surface area (Å²) in [5.74, 6) is 1.24. The Bertz CT molecular complexity index is 953. The molecule has 2 heterocycles. The fraction of sp³-hybridized carbons (Fsp3) is 0.333. The van der Waals surface area contributed by atoms with Gasteiger partial charge in [0.05, 0.1) is 0 Å². The van der Waals surface area contributed by atoms with Crippen molar-refractivity contribution in [1.29, 1.82) is 0 Å². The molecule has 0 saturated heterocycles. The molecule has 0 bridgehead atoms. The molecule has 1 saturated carbocycles. The maximum atomic E-state index is 13.8. The van der Waals surface area contributed by atoms with Crippen LogP contribution in [0.15, 0.2) is 24.3 Å². The van der Waals surface area contributed by atoms with E-state index in [1.807, 2.05) is 13.0 Å². The number of nitrogens with zero attached hydrogens (tertiary/aromatic N) is 4. The molecule has 7 nitrogen and oxygen atoms in total. The SMILES string of the molecule is CCc1nc(NCc2ccc(F)cc2F)nc(Nc2cc(C3CC3)[nH]n2)n1. The van der Waals surface area contributed by atoms with Crippen LogP contribution >= 0.6 is 0 Å². The Morgan fingerprint density at radius 3 is 2.67 bits per heavy atom. The number of rotatable bonds is 7. The highest BCUT2D eigenvalue weighted by atomic mass is 19.1. The molecule has 0 radical (unpaired) electrons. The van der Waals surface area contributed by atoms with Crippen LogP contribution in [0.3, 0.4) is 0 Å². The number of aryl methyl sites for hydroxylation is 1. The first kappa shape index (κ1) is 17.3. The molecule has 3 N–H and O–H groups in total. The summed E-state index contributed by atoms with van der Waals surface area (Å²) in [7, 11) is 0. The van der Waals surface area contributed by atoms with E-state index in [1.165, 1.54) is 25.0 Å². The molecule has 0 atom stereocenters. The zero-order valence-electron chi connectivity index (χ0n) is 14.8. The quantitative estimate of drug-likeness (QED) is 0.587. The van der Waals surface area contributed by atoms with E-state index in [1.54, 1.807) is 0 Å². The Labute approximate surface area is 154 Å². The molecule has 3 aromatic rings. The van der Waals surface area contributed by atoms with Gasteiger partial charge < -0.3 is 10.6 Å². The van der Waals surface area contributed by atoms with E-state index >= 15 is 0 Å². The van der Waals surface area contributed by atoms with Gasteiger partial charge in [0, 0.05) is 42.3 Å². The Kier molecular flexibility index (Phi) is 4.66. The largest absolute Gasteiger partial charge is 0.350 e. The number of anilines is 3. The smallest absolute Gasteiger partial charge is 0.233 e. The maximum absolute atomic E-state index is 13.8. The van der Waals surface area contributed by atoms with E-state index in [4.69, 9.17) is 0 Å². The van der Waals surface area contributed by atoms with Gasteiger partial charge in [-0.3, -0.25) is 5.10 Å². The van der Waals surface area contributed by atoms with Crippen LogP contribution in [-0.2, 0) is 13.0 Å². The van der Waals surface area contributed by atoms with Crippen molar-refractivity contribution in [3.63, 3.8) is 0 Å². The molecule has 1 fully saturated rings. The third-order valence-electron chi connectivity index (χ3n) is 4.30. The lowest BCUT2D eigenvalue weighted by atomic mass is 10.2. The summed E-state index contributed by atoms with van der Waals surface area (Å²) >= 11 is 0. The van der Waals surface area contributed by atoms with Gasteiger partial charge in [0.2, 0.25) is 11.9 Å². The minimum absolute atomic E-state index is 0.132. The second kappa shape index (κ2) is 7.26. The normalized spacial score (nSPS) is 13.6. The van der Waals surface area contributed by atoms with Gasteiger partial charge in [0.1, 0.15) is 17.5 Å². The Morgan fingerprint density at radius 2 is 1.93 bits per heavy atom. The van der Waals surface area contributed by atoms with Gasteiger partial charge in [0.15, 0.2) is 5.82 Å². The van der Waals surface area contributed by atoms with Crippen LogP contribution in [-0.4, -0.2) is 25.1 Å². The first-order valence-corrected chi connectivity index (χ1v) is 8.86. The minimum Gasteiger partial charge on any atom is -0.350 e. The van der Waals surface area contributed by atoms with Crippen molar-refractivity contribution in [1.82, 2.24) is 25.1 Å². The van der Waals surface area contributed by atoms with Gasteiger partial charge in [-0.2, -0.15) is 20.1 Å². The maximum Gasteiger partial charge on any atom is 0.233 e. The minimum atomic E-state index is -0.616. The summed E-state index contributed by atoms with van der Waals surface area (Å²) in [5, 5.41) is 13.3. The second-order valence-electron chi connectivity index (χ2n) is 6.45. The molecule has 140 valence electrons. The van der Waals surface area contributed by atoms with Crippen molar-refractivity contribution in [2.45, 2.75) is 38.6 Å². The van der Waals surface area contributed by atoms with Gasteiger partial charge in [-0.1, -0.05) is 13.0 Å². The topological polar surface area (TPSA) is 91.4 Å². The van der Waals surface area contributed by atoms with Crippen molar-refractivity contribution in [2.24, 2.45) is 0 Å². The number of hydrogen-bond donors (Lipinski definition) is 3. The van der Waals surface area contributed by atoms with Gasteiger partial charge in [0.25, 0.3) is 0 Å². The van der Waals surface area contributed by atoms with Crippen LogP contribution in [0.4, 0.5) is 26.5 Å². The molecule has 27 heavy (non-hydrogen) atoms. The van der Waals surface area contributed by atoms with Gasteiger partial charge in [-0.25, -0.2) is 8.78 Å². The lowest BCUT2D eigenvalue weighted by Gasteiger charge is -2.09. The monoisotopic (exact) mass is 371 g/mol. The summed E-state index contributed by atoms with van der Waals surface area (Å²) in [6.45, 7) is 2.06. The fourth-order valence-corrected chi connectivity index (χ4v) is 2.67. The highest BCUT2D eigenvalue weighted by Crippen LogP contribution is 2.39. The molecule has 1 aromatic carbocycles. The first-order valence-electron chi connectivity index (χ1n) is 8.86. The molecule has 0 amide bonds. The van der Waals surface area contributed by atoms with E-state index in [9.17, 15) is 8.78 Å². The van der Waals surface area contributed by atoms with E-state index in [0.29, 0.717) is 41.4 Å². The molecule has 0 aliphatic heterocycles. The van der Waals surface area contributed by atoms with Crippen molar-refractivity contribution >= 4 is 17.7 Å². The highest BCUT2D eigenvalue weighted by molar-refractivity contribution is 5.50. The summed E-state index contributed by atoms with van der Waals surface area (Å²) in [6.07, 6.45) is 2.98. The average Bonchev–Trinajstić information content (AvgIpc) is 3.40. The Morgan fingerprint density at radius 1 is 1.11 bits per heavy atom. The van der Waals surface area contributed by atoms with Crippen molar-refractivity contribution < 1.29 is 8.78 Å². The van der Waals surface area contributed by atoms with Crippen LogP contribution in [0.5, 0.6) is 0 Å². The van der Waals surface area contributed by atoms with E-state index in [0.717, 1.165) is 11.8 Å². The van der Waals surface area contributed by atoms with Crippen LogP contribution in [0, 0.1) is 11.6 Å². The van der Waals surface area contributed by atoms with Crippen LogP contribution < -0.4 is 10.6 Å². The Balaban J connectivity index is 1.49. The number of nitrogens with one attached hydrogen (secondary N) is 3. The second-order valence-corrected chi connectivity index (χ2v) is 6.45. The Hall–Kier alpha value is -3.10. The van der Waals surface area contributed by atoms with Crippen LogP contribution in [0.2, 0.25) is 0 Å². The van der Waals surface area contributed by atoms with Gasteiger partial charge >= 0.3 is 0 Å². The summed E-state index contributed by atoms with van der Waals surface area (Å²) in [4.78, 5) is 13.0. The van der Waals surface area contributed by atoms with Crippen molar-refractivity contribution in [3.05, 3.63) is 53.0 Å². The number of halogens is 2. The summed E-state index contributed by atoms with van der Waals surface area (Å²) in [5.41, 5.74) is 1.43. The number of hydrogen-bond acceptors (Lipinski definition) is 6. The molecule has 1 aliphatic carbocycles. The van der Waals surface area contributed by atoms with Crippen LogP contribution in [0.25, 0.3) is 0 Å². The average molecular weight is 371 g/mol. The molecule has 9 heteroatoms. The standard InChI is InChI=1S/C18H19F2N7/c1-2-15-22-17(21-9-11-5-6-12(19)7-13(11)20)25-18(23-15)24-16-8-14(26-27-16)10-3-4-10/h5-8,10H,2-4,9H2,1H3,(H3,21,22,23,24,25,26,27). The number of aromatic nitrogens is 5. The number of H-pyrrole nitrogens is 1. The van der Waals surface area contributed by atoms with E-state index < -0.39 is 11.6 Å². The fourth-order valence-electron chi connectivity index (χ4n) is 2.67. The third-order valence-corrected chi connectivity index (χ3v) is 4.30. The predicted octanol–water partition coefficient (Wildman–Crippen LogP) is 3.67. The lowest BCUT2D eigenvalue weighted by molar-refractivity contribution is 0.574. The molecule has 1 aliphatic rings. The van der Waals surface area contributed by atoms with Crippen LogP contribution in [0.1, 0.15) is 42.8 Å². The zero-order valence-corrected chi connectivity index (χ0v) is 14.8. The van der Waals surface area contributed by atoms with E-state index in [-0.39, 0.29) is 6.54 Å². The predicted molar refractivity (Wildman–Crippen MR) is 96.7 cm³/mol. The molecule has 0 unspecified atom stereocenters. The molecular formula is C18H19F2N7. The molecule has 2 aromatic heterocycles.